The van der Waals surface area contributed by atoms with Gasteiger partial charge < -0.3 is 10.4 Å². The number of nitrogens with one attached hydrogen (secondary N) is 1. The smallest absolute Gasteiger partial charge is 0.348 e. The zero-order valence-electron chi connectivity index (χ0n) is 16.1. The largest absolute Gasteiger partial charge is 0.477 e. The monoisotopic (exact) mass is 425 g/mol. The summed E-state index contributed by atoms with van der Waals surface area (Å²) in [5.74, 6) is 0.0512. The number of anilines is 2. The molecule has 7 nitrogen and oxygen atoms in total. The third kappa shape index (κ3) is 3.72. The summed E-state index contributed by atoms with van der Waals surface area (Å²) in [4.78, 5) is 30.0. The molecule has 0 spiro atoms. The minimum absolute atomic E-state index is 0.166. The molecule has 5 rings (SSSR count). The Morgan fingerprint density at radius 2 is 1.65 bits per heavy atom. The lowest BCUT2D eigenvalue weighted by atomic mass is 10.1. The lowest BCUT2D eigenvalue weighted by Crippen LogP contribution is -1.99. The van der Waals surface area contributed by atoms with Gasteiger partial charge in [-0.05, 0) is 24.3 Å². The predicted octanol–water partition coefficient (Wildman–Crippen LogP) is 5.26. The summed E-state index contributed by atoms with van der Waals surface area (Å²) in [6.45, 7) is 0. The van der Waals surface area contributed by atoms with Crippen molar-refractivity contribution in [1.29, 1.82) is 0 Å². The van der Waals surface area contributed by atoms with Gasteiger partial charge in [-0.25, -0.2) is 19.7 Å². The number of thiazole rings is 1. The van der Waals surface area contributed by atoms with E-state index in [1.54, 1.807) is 12.4 Å². The first kappa shape index (κ1) is 18.8. The Bertz CT molecular complexity index is 1390. The maximum Gasteiger partial charge on any atom is 0.348 e. The molecule has 8 heteroatoms. The van der Waals surface area contributed by atoms with Crippen molar-refractivity contribution in [2.24, 2.45) is 0 Å². The van der Waals surface area contributed by atoms with Crippen LogP contribution < -0.4 is 5.32 Å². The van der Waals surface area contributed by atoms with Gasteiger partial charge in [-0.3, -0.25) is 4.98 Å². The highest BCUT2D eigenvalue weighted by Crippen LogP contribution is 2.34. The third-order valence-electron chi connectivity index (χ3n) is 4.62. The molecule has 0 bridgehead atoms. The molecule has 3 aromatic heterocycles. The van der Waals surface area contributed by atoms with Crippen molar-refractivity contribution < 1.29 is 9.90 Å². The fraction of sp³-hybridized carbons (Fsp3) is 0. The summed E-state index contributed by atoms with van der Waals surface area (Å²) >= 11 is 1.07. The normalized spacial score (nSPS) is 10.8. The van der Waals surface area contributed by atoms with Crippen molar-refractivity contribution in [3.05, 3.63) is 84.0 Å². The summed E-state index contributed by atoms with van der Waals surface area (Å²) in [6, 6.07) is 20.6. The van der Waals surface area contributed by atoms with Crippen molar-refractivity contribution in [1.82, 2.24) is 19.9 Å². The van der Waals surface area contributed by atoms with E-state index in [-0.39, 0.29) is 4.88 Å². The van der Waals surface area contributed by atoms with E-state index in [2.05, 4.69) is 25.3 Å². The van der Waals surface area contributed by atoms with E-state index in [0.29, 0.717) is 22.5 Å². The Morgan fingerprint density at radius 3 is 2.42 bits per heavy atom. The highest BCUT2D eigenvalue weighted by Gasteiger charge is 2.20. The summed E-state index contributed by atoms with van der Waals surface area (Å²) in [5.41, 5.74) is 2.71. The Balaban J connectivity index is 1.62. The number of para-hydroxylation sites is 1. The van der Waals surface area contributed by atoms with Gasteiger partial charge in [-0.1, -0.05) is 53.8 Å². The molecule has 0 fully saturated rings. The number of nitrogens with zero attached hydrogens (tertiary/aromatic N) is 4. The van der Waals surface area contributed by atoms with Crippen LogP contribution in [0, 0.1) is 0 Å². The van der Waals surface area contributed by atoms with Crippen LogP contribution in [0.15, 0.2) is 79.1 Å². The highest BCUT2D eigenvalue weighted by atomic mass is 32.1. The van der Waals surface area contributed by atoms with Crippen molar-refractivity contribution in [3.63, 3.8) is 0 Å². The Morgan fingerprint density at radius 1 is 0.871 bits per heavy atom. The van der Waals surface area contributed by atoms with Gasteiger partial charge in [0.1, 0.15) is 10.7 Å². The predicted molar refractivity (Wildman–Crippen MR) is 121 cm³/mol. The van der Waals surface area contributed by atoms with Crippen molar-refractivity contribution in [2.75, 3.05) is 5.32 Å². The quantitative estimate of drug-likeness (QED) is 0.396. The maximum atomic E-state index is 11.8. The minimum Gasteiger partial charge on any atom is -0.477 e. The van der Waals surface area contributed by atoms with Crippen LogP contribution in [-0.2, 0) is 0 Å². The standard InChI is InChI=1S/C23H15N5O2S/c29-22(30)19-18(14-7-2-1-3-8-14)26-23(31-19)28-21-16-10-4-5-11-17(16)25-20(27-21)15-9-6-12-24-13-15/h1-13H,(H,29,30)(H,25,26,27,28). The van der Waals surface area contributed by atoms with Gasteiger partial charge in [-0.15, -0.1) is 0 Å². The molecule has 2 N–H and O–H groups in total. The van der Waals surface area contributed by atoms with E-state index in [4.69, 9.17) is 0 Å². The second kappa shape index (κ2) is 7.92. The molecule has 31 heavy (non-hydrogen) atoms. The number of hydrogen-bond donors (Lipinski definition) is 2. The van der Waals surface area contributed by atoms with E-state index >= 15 is 0 Å². The summed E-state index contributed by atoms with van der Waals surface area (Å²) in [7, 11) is 0. The van der Waals surface area contributed by atoms with Gasteiger partial charge in [0.2, 0.25) is 0 Å². The number of fused-ring (bicyclic) bond motifs is 1. The maximum absolute atomic E-state index is 11.8. The molecule has 0 aliphatic rings. The fourth-order valence-electron chi connectivity index (χ4n) is 3.21. The van der Waals surface area contributed by atoms with E-state index in [1.165, 1.54) is 0 Å². The van der Waals surface area contributed by atoms with Gasteiger partial charge in [-0.2, -0.15) is 0 Å². The molecule has 5 aromatic rings. The SMILES string of the molecule is O=C(O)c1sc(Nc2nc(-c3cccnc3)nc3ccccc23)nc1-c1ccccc1. The van der Waals surface area contributed by atoms with Crippen molar-refractivity contribution in [2.45, 2.75) is 0 Å². The summed E-state index contributed by atoms with van der Waals surface area (Å²) < 4.78 is 0. The van der Waals surface area contributed by atoms with Gasteiger partial charge in [0.05, 0.1) is 11.2 Å². The molecule has 2 aromatic carbocycles. The Labute approximate surface area is 181 Å². The number of hydrogen-bond acceptors (Lipinski definition) is 7. The Hall–Kier alpha value is -4.17. The number of benzene rings is 2. The average Bonchev–Trinajstić information content (AvgIpc) is 3.24. The number of rotatable bonds is 5. The number of aromatic nitrogens is 4. The van der Waals surface area contributed by atoms with Crippen LogP contribution in [0.2, 0.25) is 0 Å². The first-order valence-corrected chi connectivity index (χ1v) is 10.2. The van der Waals surface area contributed by atoms with Gasteiger partial charge >= 0.3 is 5.97 Å². The second-order valence-electron chi connectivity index (χ2n) is 6.65. The first-order valence-electron chi connectivity index (χ1n) is 9.43. The second-order valence-corrected chi connectivity index (χ2v) is 7.65. The molecule has 0 unspecified atom stereocenters. The van der Waals surface area contributed by atoms with E-state index in [1.807, 2.05) is 66.7 Å². The first-order chi connectivity index (χ1) is 15.2. The highest BCUT2D eigenvalue weighted by molar-refractivity contribution is 7.18. The molecule has 0 saturated carbocycles. The number of carboxylic acid groups (broad SMARTS) is 1. The van der Waals surface area contributed by atoms with Crippen molar-refractivity contribution in [3.8, 4) is 22.6 Å². The molecule has 0 atom stereocenters. The third-order valence-corrected chi connectivity index (χ3v) is 5.58. The van der Waals surface area contributed by atoms with Gasteiger partial charge in [0.25, 0.3) is 0 Å². The van der Waals surface area contributed by atoms with Crippen LogP contribution in [0.25, 0.3) is 33.5 Å². The molecule has 0 radical (unpaired) electrons. The molecular weight excluding hydrogens is 410 g/mol. The molecule has 0 aliphatic carbocycles. The van der Waals surface area contributed by atoms with E-state index in [0.717, 1.165) is 33.4 Å². The fourth-order valence-corrected chi connectivity index (χ4v) is 4.03. The topological polar surface area (TPSA) is 101 Å². The number of carboxylic acids is 1. The van der Waals surface area contributed by atoms with Gasteiger partial charge in [0, 0.05) is 28.9 Å². The molecule has 150 valence electrons. The lowest BCUT2D eigenvalue weighted by molar-refractivity contribution is 0.0702. The van der Waals surface area contributed by atoms with Crippen LogP contribution >= 0.6 is 11.3 Å². The minimum atomic E-state index is -1.02. The number of pyridine rings is 1. The Kier molecular flexibility index (Phi) is 4.81. The molecule has 0 amide bonds. The van der Waals surface area contributed by atoms with Crippen LogP contribution in [0.5, 0.6) is 0 Å². The molecule has 3 heterocycles. The summed E-state index contributed by atoms with van der Waals surface area (Å²) in [5, 5.41) is 14.1. The zero-order chi connectivity index (χ0) is 21.2. The van der Waals surface area contributed by atoms with E-state index in [9.17, 15) is 9.90 Å². The average molecular weight is 425 g/mol. The molecule has 0 saturated heterocycles. The van der Waals surface area contributed by atoms with Gasteiger partial charge in [0.15, 0.2) is 11.0 Å². The zero-order valence-corrected chi connectivity index (χ0v) is 16.9. The van der Waals surface area contributed by atoms with E-state index < -0.39 is 5.97 Å². The van der Waals surface area contributed by atoms with Crippen LogP contribution in [0.3, 0.4) is 0 Å². The van der Waals surface area contributed by atoms with Crippen LogP contribution in [0.1, 0.15) is 9.67 Å². The van der Waals surface area contributed by atoms with Crippen LogP contribution in [0.4, 0.5) is 10.9 Å². The lowest BCUT2D eigenvalue weighted by Gasteiger charge is -2.09. The van der Waals surface area contributed by atoms with Crippen LogP contribution in [-0.4, -0.2) is 31.0 Å². The molecular formula is C23H15N5O2S. The molecule has 0 aliphatic heterocycles. The number of carbonyl (C=O) groups is 1. The number of aromatic carboxylic acids is 1. The summed E-state index contributed by atoms with van der Waals surface area (Å²) in [6.07, 6.45) is 3.39. The van der Waals surface area contributed by atoms with Crippen molar-refractivity contribution >= 4 is 39.2 Å².